The zero-order chi connectivity index (χ0) is 59.9. The number of ether oxygens (including phenoxy) is 3. The third-order valence-electron chi connectivity index (χ3n) is 16.5. The van der Waals surface area contributed by atoms with E-state index in [9.17, 15) is 14.4 Å². The van der Waals surface area contributed by atoms with E-state index in [-0.39, 0.29) is 31.1 Å². The van der Waals surface area contributed by atoms with Gasteiger partial charge in [-0.25, -0.2) is 0 Å². The Labute approximate surface area is 517 Å². The lowest BCUT2D eigenvalue weighted by atomic mass is 10.0. The average molecular weight is 1160 g/mol. The molecule has 484 valence electrons. The van der Waals surface area contributed by atoms with Crippen molar-refractivity contribution < 1.29 is 28.6 Å². The second-order valence-electron chi connectivity index (χ2n) is 24.9. The number of carbonyl (C=O) groups is 3. The molecule has 0 heterocycles. The van der Waals surface area contributed by atoms with Gasteiger partial charge in [-0.3, -0.25) is 14.4 Å². The molecular formula is C77H140O6. The van der Waals surface area contributed by atoms with Gasteiger partial charge in [-0.15, -0.1) is 0 Å². The van der Waals surface area contributed by atoms with E-state index >= 15 is 0 Å². The predicted molar refractivity (Wildman–Crippen MR) is 362 cm³/mol. The zero-order valence-corrected chi connectivity index (χ0v) is 55.7. The molecular weight excluding hydrogens is 1020 g/mol. The van der Waals surface area contributed by atoms with Gasteiger partial charge in [-0.05, 0) is 89.9 Å². The van der Waals surface area contributed by atoms with Crippen molar-refractivity contribution >= 4 is 17.9 Å². The van der Waals surface area contributed by atoms with Crippen LogP contribution in [-0.4, -0.2) is 37.2 Å². The number of unbranched alkanes of at least 4 members (excludes halogenated alkanes) is 47. The molecule has 0 radical (unpaired) electrons. The molecule has 0 amide bonds. The molecule has 83 heavy (non-hydrogen) atoms. The van der Waals surface area contributed by atoms with Crippen molar-refractivity contribution in [1.82, 2.24) is 0 Å². The third kappa shape index (κ3) is 69.8. The van der Waals surface area contributed by atoms with Crippen LogP contribution in [0.25, 0.3) is 0 Å². The number of carbonyl (C=O) groups excluding carboxylic acids is 3. The molecule has 0 rings (SSSR count). The average Bonchev–Trinajstić information content (AvgIpc) is 3.49. The van der Waals surface area contributed by atoms with Gasteiger partial charge in [0.25, 0.3) is 0 Å². The predicted octanol–water partition coefficient (Wildman–Crippen LogP) is 25.5. The van der Waals surface area contributed by atoms with E-state index in [2.05, 4.69) is 81.5 Å². The van der Waals surface area contributed by atoms with Crippen LogP contribution >= 0.6 is 0 Å². The number of hydrogen-bond acceptors (Lipinski definition) is 6. The maximum Gasteiger partial charge on any atom is 0.306 e. The Kier molecular flexibility index (Phi) is 69.1. The van der Waals surface area contributed by atoms with E-state index in [1.165, 1.54) is 270 Å². The van der Waals surface area contributed by atoms with E-state index in [0.29, 0.717) is 19.3 Å². The largest absolute Gasteiger partial charge is 0.462 e. The highest BCUT2D eigenvalue weighted by atomic mass is 16.6. The summed E-state index contributed by atoms with van der Waals surface area (Å²) in [6, 6.07) is 0. The molecule has 0 aromatic heterocycles. The minimum atomic E-state index is -0.769. The lowest BCUT2D eigenvalue weighted by molar-refractivity contribution is -0.167. The Morgan fingerprint density at radius 1 is 0.241 bits per heavy atom. The molecule has 0 N–H and O–H groups in total. The summed E-state index contributed by atoms with van der Waals surface area (Å²) in [5.41, 5.74) is 0. The molecule has 6 heteroatoms. The van der Waals surface area contributed by atoms with Crippen molar-refractivity contribution in [3.05, 3.63) is 60.8 Å². The topological polar surface area (TPSA) is 78.9 Å². The lowest BCUT2D eigenvalue weighted by Gasteiger charge is -2.18. The fraction of sp³-hybridized carbons (Fsp3) is 0.831. The van der Waals surface area contributed by atoms with Gasteiger partial charge in [0.05, 0.1) is 0 Å². The van der Waals surface area contributed by atoms with Crippen molar-refractivity contribution in [2.24, 2.45) is 0 Å². The van der Waals surface area contributed by atoms with Crippen LogP contribution in [0, 0.1) is 0 Å². The number of allylic oxidation sites excluding steroid dienone is 10. The van der Waals surface area contributed by atoms with Crippen LogP contribution in [0.5, 0.6) is 0 Å². The van der Waals surface area contributed by atoms with Gasteiger partial charge >= 0.3 is 17.9 Å². The van der Waals surface area contributed by atoms with Crippen LogP contribution in [0.4, 0.5) is 0 Å². The summed E-state index contributed by atoms with van der Waals surface area (Å²) in [5, 5.41) is 0. The van der Waals surface area contributed by atoms with E-state index in [4.69, 9.17) is 14.2 Å². The molecule has 0 aromatic carbocycles. The number of esters is 3. The SMILES string of the molecule is CCCCCCC/C=C\C/C=C\C/C=C\CCCCCCCCCCCCCCCCCCCCC(=O)OCC(COC(=O)CCCCCCC)OC(=O)CCCCCCCCCCCCCCCCC/C=C\C/C=C\CCCCCCC. The summed E-state index contributed by atoms with van der Waals surface area (Å²) < 4.78 is 16.8. The quantitative estimate of drug-likeness (QED) is 0.0261. The van der Waals surface area contributed by atoms with Crippen molar-refractivity contribution in [3.63, 3.8) is 0 Å². The highest BCUT2D eigenvalue weighted by Crippen LogP contribution is 2.18. The second-order valence-corrected chi connectivity index (χ2v) is 24.9. The molecule has 0 saturated heterocycles. The monoisotopic (exact) mass is 1160 g/mol. The Morgan fingerprint density at radius 3 is 0.675 bits per heavy atom. The normalized spacial score (nSPS) is 12.4. The molecule has 0 aliphatic carbocycles. The molecule has 0 bridgehead atoms. The second kappa shape index (κ2) is 71.6. The van der Waals surface area contributed by atoms with Crippen LogP contribution < -0.4 is 0 Å². The number of rotatable bonds is 68. The van der Waals surface area contributed by atoms with Gasteiger partial charge in [-0.1, -0.05) is 345 Å². The first-order chi connectivity index (χ1) is 41.0. The highest BCUT2D eigenvalue weighted by molar-refractivity contribution is 5.71. The van der Waals surface area contributed by atoms with E-state index in [1.807, 2.05) is 0 Å². The lowest BCUT2D eigenvalue weighted by Crippen LogP contribution is -2.30. The highest BCUT2D eigenvalue weighted by Gasteiger charge is 2.19. The van der Waals surface area contributed by atoms with Crippen LogP contribution in [0.3, 0.4) is 0 Å². The van der Waals surface area contributed by atoms with Crippen LogP contribution in [0.2, 0.25) is 0 Å². The van der Waals surface area contributed by atoms with Crippen molar-refractivity contribution in [2.75, 3.05) is 13.2 Å². The molecule has 0 fully saturated rings. The van der Waals surface area contributed by atoms with Crippen LogP contribution in [-0.2, 0) is 28.6 Å². The summed E-state index contributed by atoms with van der Waals surface area (Å²) in [7, 11) is 0. The van der Waals surface area contributed by atoms with E-state index < -0.39 is 6.10 Å². The standard InChI is InChI=1S/C77H140O6/c1-4-7-10-13-15-17-19-21-23-25-27-29-31-33-35-36-37-38-39-40-42-43-45-47-49-51-53-55-57-59-61-64-67-70-76(79)82-73-74(72-81-75(78)69-66-63-12-9-6-3)83-77(80)71-68-65-62-60-58-56-54-52-50-48-46-44-41-34-32-30-28-26-24-22-20-18-16-14-11-8-5-2/h19-22,25-28,31,33,74H,4-18,23-24,29-30,32,34-73H2,1-3H3/b21-19-,22-20-,27-25-,28-26-,33-31-. The fourth-order valence-corrected chi connectivity index (χ4v) is 11.0. The van der Waals surface area contributed by atoms with Crippen molar-refractivity contribution in [3.8, 4) is 0 Å². The van der Waals surface area contributed by atoms with Gasteiger partial charge in [-0.2, -0.15) is 0 Å². The van der Waals surface area contributed by atoms with E-state index in [1.54, 1.807) is 0 Å². The van der Waals surface area contributed by atoms with Crippen LogP contribution in [0.15, 0.2) is 60.8 Å². The maximum atomic E-state index is 12.9. The van der Waals surface area contributed by atoms with Gasteiger partial charge in [0.2, 0.25) is 0 Å². The Bertz CT molecular complexity index is 1470. The minimum Gasteiger partial charge on any atom is -0.462 e. The summed E-state index contributed by atoms with van der Waals surface area (Å²) in [4.78, 5) is 38.1. The molecule has 6 nitrogen and oxygen atoms in total. The van der Waals surface area contributed by atoms with E-state index in [0.717, 1.165) is 83.5 Å². The summed E-state index contributed by atoms with van der Waals surface area (Å²) >= 11 is 0. The summed E-state index contributed by atoms with van der Waals surface area (Å²) in [6.07, 6.45) is 93.2. The summed E-state index contributed by atoms with van der Waals surface area (Å²) in [5.74, 6) is -0.861. The van der Waals surface area contributed by atoms with Crippen LogP contribution in [0.1, 0.15) is 393 Å². The van der Waals surface area contributed by atoms with Gasteiger partial charge < -0.3 is 14.2 Å². The van der Waals surface area contributed by atoms with Gasteiger partial charge in [0.1, 0.15) is 13.2 Å². The number of hydrogen-bond donors (Lipinski definition) is 0. The van der Waals surface area contributed by atoms with Crippen molar-refractivity contribution in [2.45, 2.75) is 399 Å². The molecule has 0 aliphatic rings. The zero-order valence-electron chi connectivity index (χ0n) is 55.7. The Morgan fingerprint density at radius 2 is 0.434 bits per heavy atom. The van der Waals surface area contributed by atoms with Crippen molar-refractivity contribution in [1.29, 1.82) is 0 Å². The molecule has 0 saturated carbocycles. The minimum absolute atomic E-state index is 0.0695. The molecule has 0 aliphatic heterocycles. The Balaban J connectivity index is 3.92. The molecule has 0 aromatic rings. The third-order valence-corrected chi connectivity index (χ3v) is 16.5. The molecule has 1 unspecified atom stereocenters. The first-order valence-electron chi connectivity index (χ1n) is 36.8. The summed E-state index contributed by atoms with van der Waals surface area (Å²) in [6.45, 7) is 6.59. The smallest absolute Gasteiger partial charge is 0.306 e. The maximum absolute atomic E-state index is 12.9. The first kappa shape index (κ1) is 80.1. The van der Waals surface area contributed by atoms with Gasteiger partial charge in [0.15, 0.2) is 6.10 Å². The molecule has 0 spiro atoms. The van der Waals surface area contributed by atoms with Gasteiger partial charge in [0, 0.05) is 19.3 Å². The fourth-order valence-electron chi connectivity index (χ4n) is 11.0. The molecule has 1 atom stereocenters. The Hall–Kier alpha value is -2.89. The first-order valence-corrected chi connectivity index (χ1v) is 36.8.